The van der Waals surface area contributed by atoms with Gasteiger partial charge in [-0.15, -0.1) is 0 Å². The third kappa shape index (κ3) is 6.53. The standard InChI is InChI=1S/C28H30N4O2S/c1-19(27(33)31-16-20-11-12-21-7-5-6-10-23(21)15-20)34-28-26(30-17-24(29)18-35)14-13-25(32-28)22-8-3-2-4-9-22/h2-15,19,24,30,35H,16-18,29H2,1H3,(H,31,33). The molecule has 7 heteroatoms. The molecule has 4 aromatic rings. The molecule has 4 N–H and O–H groups in total. The van der Waals surface area contributed by atoms with Crippen molar-refractivity contribution in [2.45, 2.75) is 25.6 Å². The molecule has 0 radical (unpaired) electrons. The normalized spacial score (nSPS) is 12.7. The predicted octanol–water partition coefficient (Wildman–Crippen LogP) is 4.65. The molecule has 0 spiro atoms. The van der Waals surface area contributed by atoms with Crippen molar-refractivity contribution in [1.29, 1.82) is 0 Å². The van der Waals surface area contributed by atoms with Crippen molar-refractivity contribution in [2.24, 2.45) is 5.73 Å². The van der Waals surface area contributed by atoms with Crippen LogP contribution in [0.5, 0.6) is 5.88 Å². The Morgan fingerprint density at radius 1 is 1.00 bits per heavy atom. The highest BCUT2D eigenvalue weighted by Crippen LogP contribution is 2.28. The van der Waals surface area contributed by atoms with Crippen LogP contribution in [0.4, 0.5) is 5.69 Å². The summed E-state index contributed by atoms with van der Waals surface area (Å²) in [4.78, 5) is 17.5. The molecule has 2 atom stereocenters. The first-order valence-corrected chi connectivity index (χ1v) is 12.3. The highest BCUT2D eigenvalue weighted by molar-refractivity contribution is 7.80. The number of nitrogens with zero attached hydrogens (tertiary/aromatic N) is 1. The summed E-state index contributed by atoms with van der Waals surface area (Å²) in [5.74, 6) is 0.681. The van der Waals surface area contributed by atoms with Crippen LogP contribution in [-0.4, -0.2) is 35.3 Å². The van der Waals surface area contributed by atoms with Crippen molar-refractivity contribution in [2.75, 3.05) is 17.6 Å². The number of anilines is 1. The quantitative estimate of drug-likeness (QED) is 0.245. The molecule has 0 saturated carbocycles. The zero-order valence-electron chi connectivity index (χ0n) is 19.6. The first kappa shape index (κ1) is 24.6. The van der Waals surface area contributed by atoms with E-state index >= 15 is 0 Å². The number of amides is 1. The largest absolute Gasteiger partial charge is 0.463 e. The Hall–Kier alpha value is -3.55. The fourth-order valence-corrected chi connectivity index (χ4v) is 3.77. The molecule has 180 valence electrons. The number of aromatic nitrogens is 1. The van der Waals surface area contributed by atoms with Crippen LogP contribution in [0.2, 0.25) is 0 Å². The topological polar surface area (TPSA) is 89.3 Å². The third-order valence-electron chi connectivity index (χ3n) is 5.66. The second-order valence-corrected chi connectivity index (χ2v) is 8.76. The molecule has 0 aliphatic carbocycles. The average molecular weight is 487 g/mol. The molecule has 1 aromatic heterocycles. The second kappa shape index (κ2) is 11.7. The summed E-state index contributed by atoms with van der Waals surface area (Å²) in [7, 11) is 0. The zero-order valence-corrected chi connectivity index (χ0v) is 20.5. The van der Waals surface area contributed by atoms with Crippen LogP contribution in [0, 0.1) is 0 Å². The molecule has 3 aromatic carbocycles. The van der Waals surface area contributed by atoms with E-state index in [2.05, 4.69) is 47.5 Å². The van der Waals surface area contributed by atoms with Gasteiger partial charge in [-0.2, -0.15) is 12.6 Å². The lowest BCUT2D eigenvalue weighted by Gasteiger charge is -2.19. The minimum absolute atomic E-state index is 0.123. The van der Waals surface area contributed by atoms with Crippen LogP contribution in [0.25, 0.3) is 22.0 Å². The van der Waals surface area contributed by atoms with E-state index in [4.69, 9.17) is 15.5 Å². The van der Waals surface area contributed by atoms with Crippen LogP contribution in [0.1, 0.15) is 12.5 Å². The van der Waals surface area contributed by atoms with E-state index in [1.807, 2.05) is 60.7 Å². The van der Waals surface area contributed by atoms with Gasteiger partial charge >= 0.3 is 0 Å². The Morgan fingerprint density at radius 2 is 1.74 bits per heavy atom. The fourth-order valence-electron chi connectivity index (χ4n) is 3.64. The molecule has 0 aliphatic rings. The molecule has 1 heterocycles. The predicted molar refractivity (Wildman–Crippen MR) is 146 cm³/mol. The fraction of sp³-hybridized carbons (Fsp3) is 0.214. The Kier molecular flexibility index (Phi) is 8.23. The van der Waals surface area contributed by atoms with E-state index in [1.165, 1.54) is 5.39 Å². The Labute approximate surface area is 211 Å². The summed E-state index contributed by atoms with van der Waals surface area (Å²) in [6, 6.07) is 27.8. The number of hydrogen-bond acceptors (Lipinski definition) is 6. The number of hydrogen-bond donors (Lipinski definition) is 4. The van der Waals surface area contributed by atoms with Crippen LogP contribution < -0.4 is 21.1 Å². The molecule has 2 unspecified atom stereocenters. The van der Waals surface area contributed by atoms with Gasteiger partial charge < -0.3 is 21.1 Å². The number of carbonyl (C=O) groups is 1. The summed E-state index contributed by atoms with van der Waals surface area (Å²) in [6.45, 7) is 2.64. The summed E-state index contributed by atoms with van der Waals surface area (Å²) in [5, 5.41) is 8.54. The molecule has 6 nitrogen and oxygen atoms in total. The number of carbonyl (C=O) groups excluding carboxylic acids is 1. The van der Waals surface area contributed by atoms with E-state index < -0.39 is 6.10 Å². The highest BCUT2D eigenvalue weighted by Gasteiger charge is 2.18. The number of nitrogens with one attached hydrogen (secondary N) is 2. The van der Waals surface area contributed by atoms with Crippen LogP contribution in [-0.2, 0) is 11.3 Å². The molecule has 0 fully saturated rings. The lowest BCUT2D eigenvalue weighted by atomic mass is 10.1. The Bertz CT molecular complexity index is 1280. The highest BCUT2D eigenvalue weighted by atomic mass is 32.1. The van der Waals surface area contributed by atoms with Crippen molar-refractivity contribution < 1.29 is 9.53 Å². The van der Waals surface area contributed by atoms with Gasteiger partial charge in [0.1, 0.15) is 0 Å². The molecule has 4 rings (SSSR count). The minimum Gasteiger partial charge on any atom is -0.463 e. The van der Waals surface area contributed by atoms with Gasteiger partial charge in [-0.05, 0) is 41.5 Å². The van der Waals surface area contributed by atoms with E-state index in [0.717, 1.165) is 22.2 Å². The maximum atomic E-state index is 12.8. The maximum absolute atomic E-state index is 12.8. The lowest BCUT2D eigenvalue weighted by Crippen LogP contribution is -2.36. The maximum Gasteiger partial charge on any atom is 0.261 e. The van der Waals surface area contributed by atoms with E-state index in [-0.39, 0.29) is 11.9 Å². The monoisotopic (exact) mass is 486 g/mol. The second-order valence-electron chi connectivity index (χ2n) is 8.40. The van der Waals surface area contributed by atoms with E-state index in [9.17, 15) is 4.79 Å². The Balaban J connectivity index is 1.46. The van der Waals surface area contributed by atoms with Gasteiger partial charge in [-0.25, -0.2) is 4.98 Å². The summed E-state index contributed by atoms with van der Waals surface area (Å²) < 4.78 is 6.05. The molecular formula is C28H30N4O2S. The summed E-state index contributed by atoms with van der Waals surface area (Å²) in [5.41, 5.74) is 9.43. The first-order chi connectivity index (χ1) is 17.0. The SMILES string of the molecule is CC(Oc1nc(-c2ccccc2)ccc1NCC(N)CS)C(=O)NCc1ccc2ccccc2c1. The van der Waals surface area contributed by atoms with Crippen LogP contribution in [0.3, 0.4) is 0 Å². The number of pyridine rings is 1. The molecule has 35 heavy (non-hydrogen) atoms. The Morgan fingerprint density at radius 3 is 2.51 bits per heavy atom. The van der Waals surface area contributed by atoms with Gasteiger partial charge in [-0.1, -0.05) is 66.7 Å². The van der Waals surface area contributed by atoms with Gasteiger partial charge in [0.25, 0.3) is 5.91 Å². The van der Waals surface area contributed by atoms with Gasteiger partial charge in [0.15, 0.2) is 6.10 Å². The lowest BCUT2D eigenvalue weighted by molar-refractivity contribution is -0.127. The molecule has 1 amide bonds. The smallest absolute Gasteiger partial charge is 0.261 e. The number of ether oxygens (including phenoxy) is 1. The molecular weight excluding hydrogens is 456 g/mol. The van der Waals surface area contributed by atoms with E-state index in [1.54, 1.807) is 6.92 Å². The van der Waals surface area contributed by atoms with Gasteiger partial charge in [0.2, 0.25) is 5.88 Å². The van der Waals surface area contributed by atoms with Crippen molar-refractivity contribution in [3.05, 3.63) is 90.5 Å². The average Bonchev–Trinajstić information content (AvgIpc) is 2.91. The third-order valence-corrected chi connectivity index (χ3v) is 6.13. The number of nitrogens with two attached hydrogens (primary N) is 1. The van der Waals surface area contributed by atoms with Crippen molar-refractivity contribution in [3.8, 4) is 17.1 Å². The van der Waals surface area contributed by atoms with Crippen molar-refractivity contribution in [3.63, 3.8) is 0 Å². The van der Waals surface area contributed by atoms with Crippen LogP contribution in [0.15, 0.2) is 84.9 Å². The van der Waals surface area contributed by atoms with Crippen molar-refractivity contribution in [1.82, 2.24) is 10.3 Å². The van der Waals surface area contributed by atoms with Crippen LogP contribution >= 0.6 is 12.6 Å². The first-order valence-electron chi connectivity index (χ1n) is 11.6. The zero-order chi connectivity index (χ0) is 24.6. The minimum atomic E-state index is -0.743. The molecule has 0 bridgehead atoms. The molecule has 0 aliphatic heterocycles. The van der Waals surface area contributed by atoms with Gasteiger partial charge in [-0.3, -0.25) is 4.79 Å². The number of thiol groups is 1. The van der Waals surface area contributed by atoms with Gasteiger partial charge in [0, 0.05) is 30.4 Å². The molecule has 0 saturated heterocycles. The number of rotatable bonds is 10. The number of benzene rings is 3. The number of fused-ring (bicyclic) bond motifs is 1. The summed E-state index contributed by atoms with van der Waals surface area (Å²) in [6.07, 6.45) is -0.743. The van der Waals surface area contributed by atoms with E-state index in [0.29, 0.717) is 30.4 Å². The van der Waals surface area contributed by atoms with Crippen molar-refractivity contribution >= 4 is 35.0 Å². The summed E-state index contributed by atoms with van der Waals surface area (Å²) >= 11 is 4.24. The van der Waals surface area contributed by atoms with Gasteiger partial charge in [0.05, 0.1) is 11.4 Å².